The maximum Gasteiger partial charge on any atom is 0.410 e. The molecule has 1 aliphatic carbocycles. The maximum atomic E-state index is 14.5. The summed E-state index contributed by atoms with van der Waals surface area (Å²) in [4.78, 5) is 22.3. The van der Waals surface area contributed by atoms with E-state index in [0.29, 0.717) is 30.4 Å². The third kappa shape index (κ3) is 4.87. The first kappa shape index (κ1) is 23.2. The number of aromatic nitrogens is 2. The number of benzene rings is 1. The van der Waals surface area contributed by atoms with Crippen LogP contribution in [0.5, 0.6) is 5.88 Å². The van der Waals surface area contributed by atoms with Crippen molar-refractivity contribution in [2.75, 3.05) is 24.7 Å². The van der Waals surface area contributed by atoms with Gasteiger partial charge in [0.05, 0.1) is 28.8 Å². The van der Waals surface area contributed by atoms with Gasteiger partial charge in [0.1, 0.15) is 24.1 Å². The van der Waals surface area contributed by atoms with Crippen molar-refractivity contribution in [1.29, 1.82) is 0 Å². The lowest BCUT2D eigenvalue weighted by molar-refractivity contribution is 0.0795. The lowest BCUT2D eigenvalue weighted by Gasteiger charge is -2.20. The van der Waals surface area contributed by atoms with Crippen LogP contribution in [0.2, 0.25) is 0 Å². The fraction of sp³-hybridized carbons (Fsp3) is 0.500. The van der Waals surface area contributed by atoms with Gasteiger partial charge in [-0.15, -0.1) is 0 Å². The molecule has 178 valence electrons. The van der Waals surface area contributed by atoms with Crippen molar-refractivity contribution in [2.45, 2.75) is 50.7 Å². The molecule has 1 N–H and O–H groups in total. The number of ether oxygens (including phenoxy) is 2. The molecule has 2 aliphatic rings. The summed E-state index contributed by atoms with van der Waals surface area (Å²) in [6.45, 7) is 6.35. The van der Waals surface area contributed by atoms with Crippen LogP contribution < -0.4 is 10.1 Å². The minimum Gasteiger partial charge on any atom is -0.471 e. The molecule has 0 radical (unpaired) electrons. The zero-order chi connectivity index (χ0) is 24.0. The summed E-state index contributed by atoms with van der Waals surface area (Å²) in [6, 6.07) is 3.64. The van der Waals surface area contributed by atoms with Crippen LogP contribution in [0.3, 0.4) is 0 Å². The van der Waals surface area contributed by atoms with Crippen molar-refractivity contribution in [3.05, 3.63) is 35.9 Å². The Balaban J connectivity index is 1.51. The lowest BCUT2D eigenvalue weighted by Crippen LogP contribution is -2.33. The third-order valence-corrected chi connectivity index (χ3v) is 7.09. The Bertz CT molecular complexity index is 1180. The molecule has 1 saturated heterocycles. The van der Waals surface area contributed by atoms with E-state index in [2.05, 4.69) is 15.3 Å². The standard InChI is InChI=1S/C22H27FN4O5S/c1-13(2)31-21(28)27-10-18(22(11-27)7-8-22)32-20-14(3)19(24-12-25-20)26-17-6-5-15(9-16(17)23)33(4,29)30/h5-6,9,12-13,18H,7-8,10-11H2,1-4H3,(H,24,25,26). The Labute approximate surface area is 192 Å². The van der Waals surface area contributed by atoms with E-state index in [1.807, 2.05) is 13.8 Å². The topological polar surface area (TPSA) is 111 Å². The highest BCUT2D eigenvalue weighted by Gasteiger charge is 2.58. The molecule has 1 saturated carbocycles. The number of nitrogens with zero attached hydrogens (tertiary/aromatic N) is 3. The summed E-state index contributed by atoms with van der Waals surface area (Å²) in [5.74, 6) is -0.0358. The van der Waals surface area contributed by atoms with Crippen molar-refractivity contribution in [3.63, 3.8) is 0 Å². The number of amides is 1. The van der Waals surface area contributed by atoms with Crippen LogP contribution in [0.1, 0.15) is 32.3 Å². The number of carbonyl (C=O) groups excluding carboxylic acids is 1. The van der Waals surface area contributed by atoms with Crippen LogP contribution in [0.15, 0.2) is 29.4 Å². The first-order chi connectivity index (χ1) is 15.5. The molecule has 2 aromatic rings. The van der Waals surface area contributed by atoms with Crippen LogP contribution in [-0.4, -0.2) is 60.9 Å². The maximum absolute atomic E-state index is 14.5. The van der Waals surface area contributed by atoms with Gasteiger partial charge in [-0.25, -0.2) is 27.6 Å². The second-order valence-electron chi connectivity index (χ2n) is 8.97. The summed E-state index contributed by atoms with van der Waals surface area (Å²) in [7, 11) is -3.52. The average molecular weight is 479 g/mol. The van der Waals surface area contributed by atoms with Gasteiger partial charge in [-0.2, -0.15) is 0 Å². The molecule has 2 heterocycles. The summed E-state index contributed by atoms with van der Waals surface area (Å²) in [5, 5.41) is 2.88. The van der Waals surface area contributed by atoms with Crippen molar-refractivity contribution in [3.8, 4) is 5.88 Å². The molecule has 1 aliphatic heterocycles. The molecule has 4 rings (SSSR count). The highest BCUT2D eigenvalue weighted by molar-refractivity contribution is 7.90. The van der Waals surface area contributed by atoms with Gasteiger partial charge >= 0.3 is 6.09 Å². The van der Waals surface area contributed by atoms with Crippen molar-refractivity contribution < 1.29 is 27.1 Å². The molecule has 1 aromatic carbocycles. The largest absolute Gasteiger partial charge is 0.471 e. The van der Waals surface area contributed by atoms with Crippen LogP contribution >= 0.6 is 0 Å². The number of likely N-dealkylation sites (tertiary alicyclic amines) is 1. The summed E-state index contributed by atoms with van der Waals surface area (Å²) >= 11 is 0. The molecule has 11 heteroatoms. The van der Waals surface area contributed by atoms with E-state index in [9.17, 15) is 17.6 Å². The first-order valence-corrected chi connectivity index (χ1v) is 12.6. The molecular weight excluding hydrogens is 451 g/mol. The average Bonchev–Trinajstić information content (AvgIpc) is 3.40. The van der Waals surface area contributed by atoms with Gasteiger partial charge in [-0.05, 0) is 51.8 Å². The summed E-state index contributed by atoms with van der Waals surface area (Å²) in [5.41, 5.74) is 0.551. The monoisotopic (exact) mass is 478 g/mol. The van der Waals surface area contributed by atoms with Gasteiger partial charge in [0.15, 0.2) is 9.84 Å². The SMILES string of the molecule is Cc1c(Nc2ccc(S(C)(=O)=O)cc2F)ncnc1OC1CN(C(=O)OC(C)C)CC12CC2. The smallest absolute Gasteiger partial charge is 0.410 e. The molecule has 1 unspecified atom stereocenters. The van der Waals surface area contributed by atoms with E-state index >= 15 is 0 Å². The van der Waals surface area contributed by atoms with Crippen molar-refractivity contribution in [2.24, 2.45) is 5.41 Å². The quantitative estimate of drug-likeness (QED) is 0.672. The molecule has 9 nitrogen and oxygen atoms in total. The Hall–Kier alpha value is -2.95. The van der Waals surface area contributed by atoms with Crippen LogP contribution in [0, 0.1) is 18.2 Å². The minimum atomic E-state index is -3.52. The molecule has 33 heavy (non-hydrogen) atoms. The van der Waals surface area contributed by atoms with Gasteiger partial charge in [0, 0.05) is 18.2 Å². The number of carbonyl (C=O) groups is 1. The molecule has 1 atom stereocenters. The summed E-state index contributed by atoms with van der Waals surface area (Å²) in [6.07, 6.45) is 3.46. The highest BCUT2D eigenvalue weighted by Crippen LogP contribution is 2.54. The Morgan fingerprint density at radius 2 is 2.03 bits per heavy atom. The van der Waals surface area contributed by atoms with E-state index in [1.165, 1.54) is 18.5 Å². The number of sulfone groups is 1. The molecule has 0 bridgehead atoms. The Morgan fingerprint density at radius 1 is 1.30 bits per heavy atom. The van der Waals surface area contributed by atoms with E-state index in [4.69, 9.17) is 9.47 Å². The molecule has 1 spiro atoms. The van der Waals surface area contributed by atoms with Gasteiger partial charge in [-0.1, -0.05) is 0 Å². The third-order valence-electron chi connectivity index (χ3n) is 5.98. The number of hydrogen-bond acceptors (Lipinski definition) is 8. The van der Waals surface area contributed by atoms with Crippen LogP contribution in [-0.2, 0) is 14.6 Å². The fourth-order valence-corrected chi connectivity index (χ4v) is 4.56. The number of nitrogens with one attached hydrogen (secondary N) is 1. The number of hydrogen-bond donors (Lipinski definition) is 1. The second-order valence-corrected chi connectivity index (χ2v) is 11.0. The second kappa shape index (κ2) is 8.44. The predicted octanol–water partition coefficient (Wildman–Crippen LogP) is 3.46. The van der Waals surface area contributed by atoms with Gasteiger partial charge in [0.2, 0.25) is 5.88 Å². The number of halogens is 1. The van der Waals surface area contributed by atoms with E-state index in [0.717, 1.165) is 25.2 Å². The van der Waals surface area contributed by atoms with Crippen LogP contribution in [0.25, 0.3) is 0 Å². The highest BCUT2D eigenvalue weighted by atomic mass is 32.2. The predicted molar refractivity (Wildman–Crippen MR) is 119 cm³/mol. The molecular formula is C22H27FN4O5S. The molecule has 1 amide bonds. The lowest BCUT2D eigenvalue weighted by atomic mass is 10.0. The summed E-state index contributed by atoms with van der Waals surface area (Å²) < 4.78 is 49.3. The van der Waals surface area contributed by atoms with Crippen LogP contribution in [0.4, 0.5) is 20.7 Å². The Kier molecular flexibility index (Phi) is 5.94. The molecule has 2 fully saturated rings. The van der Waals surface area contributed by atoms with E-state index in [1.54, 1.807) is 11.8 Å². The number of anilines is 2. The van der Waals surface area contributed by atoms with Gasteiger partial charge in [-0.3, -0.25) is 0 Å². The zero-order valence-corrected chi connectivity index (χ0v) is 19.8. The van der Waals surface area contributed by atoms with E-state index < -0.39 is 15.7 Å². The first-order valence-electron chi connectivity index (χ1n) is 10.7. The van der Waals surface area contributed by atoms with Crippen molar-refractivity contribution in [1.82, 2.24) is 14.9 Å². The zero-order valence-electron chi connectivity index (χ0n) is 19.0. The van der Waals surface area contributed by atoms with Crippen molar-refractivity contribution >= 4 is 27.4 Å². The van der Waals surface area contributed by atoms with Gasteiger partial charge < -0.3 is 19.7 Å². The minimum absolute atomic E-state index is 0.0808. The molecule has 1 aromatic heterocycles. The van der Waals surface area contributed by atoms with Gasteiger partial charge in [0.25, 0.3) is 0 Å². The Morgan fingerprint density at radius 3 is 2.64 bits per heavy atom. The normalized spacial score (nSPS) is 19.1. The fourth-order valence-electron chi connectivity index (χ4n) is 3.93. The number of rotatable bonds is 6. The van der Waals surface area contributed by atoms with E-state index in [-0.39, 0.29) is 34.3 Å².